The highest BCUT2D eigenvalue weighted by atomic mass is 79.9. The van der Waals surface area contributed by atoms with E-state index in [-0.39, 0.29) is 11.4 Å². The zero-order valence-electron chi connectivity index (χ0n) is 17.5. The van der Waals surface area contributed by atoms with Crippen LogP contribution in [0.25, 0.3) is 6.08 Å². The largest absolute Gasteiger partial charge is 0.497 e. The van der Waals surface area contributed by atoms with E-state index >= 15 is 0 Å². The quantitative estimate of drug-likeness (QED) is 0.320. The summed E-state index contributed by atoms with van der Waals surface area (Å²) in [6.07, 6.45) is 1.91. The minimum atomic E-state index is -3.79. The number of ether oxygens (including phenoxy) is 1. The molecule has 162 valence electrons. The van der Waals surface area contributed by atoms with Gasteiger partial charge in [0.05, 0.1) is 24.2 Å². The van der Waals surface area contributed by atoms with Gasteiger partial charge in [-0.1, -0.05) is 67.8 Å². The first kappa shape index (κ1) is 23.6. The average molecular weight is 565 g/mol. The maximum absolute atomic E-state index is 13.6. The van der Waals surface area contributed by atoms with Crippen molar-refractivity contribution in [3.8, 4) is 5.75 Å². The van der Waals surface area contributed by atoms with Gasteiger partial charge in [-0.3, -0.25) is 4.31 Å². The van der Waals surface area contributed by atoms with E-state index in [0.29, 0.717) is 5.69 Å². The second-order valence-electron chi connectivity index (χ2n) is 7.12. The summed E-state index contributed by atoms with van der Waals surface area (Å²) in [6.45, 7) is 3.99. The predicted octanol–water partition coefficient (Wildman–Crippen LogP) is 6.71. The Labute approximate surface area is 200 Å². The summed E-state index contributed by atoms with van der Waals surface area (Å²) in [7, 11) is -2.17. The van der Waals surface area contributed by atoms with Crippen LogP contribution in [0.5, 0.6) is 5.75 Å². The highest BCUT2D eigenvalue weighted by molar-refractivity contribution is 9.11. The van der Waals surface area contributed by atoms with Crippen LogP contribution in [0.3, 0.4) is 0 Å². The first-order valence-electron chi connectivity index (χ1n) is 9.56. The molecule has 0 aliphatic carbocycles. The minimum Gasteiger partial charge on any atom is -0.497 e. The second kappa shape index (κ2) is 10.0. The maximum Gasteiger partial charge on any atom is 0.264 e. The average Bonchev–Trinajstić information content (AvgIpc) is 2.74. The molecule has 0 atom stereocenters. The van der Waals surface area contributed by atoms with Crippen LogP contribution in [0.1, 0.15) is 16.7 Å². The van der Waals surface area contributed by atoms with E-state index in [0.717, 1.165) is 31.4 Å². The Morgan fingerprint density at radius 2 is 1.65 bits per heavy atom. The van der Waals surface area contributed by atoms with Crippen molar-refractivity contribution in [2.45, 2.75) is 18.7 Å². The zero-order valence-corrected chi connectivity index (χ0v) is 21.5. The molecule has 0 spiro atoms. The van der Waals surface area contributed by atoms with Crippen LogP contribution in [0.4, 0.5) is 5.69 Å². The van der Waals surface area contributed by atoms with Crippen LogP contribution in [-0.2, 0) is 10.0 Å². The van der Waals surface area contributed by atoms with Crippen molar-refractivity contribution in [1.29, 1.82) is 0 Å². The van der Waals surface area contributed by atoms with E-state index in [1.54, 1.807) is 31.4 Å². The number of methoxy groups -OCH3 is 1. The van der Waals surface area contributed by atoms with Crippen molar-refractivity contribution in [1.82, 2.24) is 0 Å². The number of benzene rings is 3. The maximum atomic E-state index is 13.6. The Morgan fingerprint density at radius 1 is 1.00 bits per heavy atom. The number of hydrogen-bond donors (Lipinski definition) is 0. The molecular weight excluding hydrogens is 542 g/mol. The number of halogens is 2. The van der Waals surface area contributed by atoms with Crippen LogP contribution >= 0.6 is 31.9 Å². The molecule has 0 saturated heterocycles. The van der Waals surface area contributed by atoms with E-state index in [1.807, 2.05) is 62.4 Å². The molecule has 0 heterocycles. The van der Waals surface area contributed by atoms with Crippen LogP contribution in [0, 0.1) is 13.8 Å². The molecule has 0 aromatic heterocycles. The third kappa shape index (κ3) is 5.79. The lowest BCUT2D eigenvalue weighted by atomic mass is 10.2. The lowest BCUT2D eigenvalue weighted by molar-refractivity contribution is 0.415. The molecular formula is C24H23Br2NO3S. The molecule has 4 nitrogen and oxygen atoms in total. The molecule has 0 unspecified atom stereocenters. The van der Waals surface area contributed by atoms with Gasteiger partial charge in [-0.05, 0) is 67.4 Å². The van der Waals surface area contributed by atoms with Crippen molar-refractivity contribution in [2.24, 2.45) is 0 Å². The number of sulfonamides is 1. The van der Waals surface area contributed by atoms with Crippen molar-refractivity contribution >= 4 is 53.6 Å². The molecule has 7 heteroatoms. The lowest BCUT2D eigenvalue weighted by Gasteiger charge is -2.26. The van der Waals surface area contributed by atoms with Crippen molar-refractivity contribution in [2.75, 3.05) is 18.0 Å². The van der Waals surface area contributed by atoms with E-state index in [2.05, 4.69) is 31.9 Å². The Bertz CT molecular complexity index is 1190. The molecule has 3 rings (SSSR count). The number of anilines is 1. The summed E-state index contributed by atoms with van der Waals surface area (Å²) in [6, 6.07) is 20.1. The lowest BCUT2D eigenvalue weighted by Crippen LogP contribution is -2.32. The summed E-state index contributed by atoms with van der Waals surface area (Å²) in [5.41, 5.74) is 3.43. The molecule has 0 aliphatic rings. The molecule has 0 saturated carbocycles. The normalized spacial score (nSPS) is 12.0. The highest BCUT2D eigenvalue weighted by Gasteiger charge is 2.27. The molecule has 3 aromatic carbocycles. The van der Waals surface area contributed by atoms with E-state index < -0.39 is 10.0 Å². The van der Waals surface area contributed by atoms with Crippen LogP contribution in [0.15, 0.2) is 80.6 Å². The number of aryl methyl sites for hydroxylation is 2. The molecule has 0 N–H and O–H groups in total. The van der Waals surface area contributed by atoms with Gasteiger partial charge < -0.3 is 4.74 Å². The molecule has 0 amide bonds. The summed E-state index contributed by atoms with van der Waals surface area (Å²) < 4.78 is 35.4. The molecule has 0 radical (unpaired) electrons. The second-order valence-corrected chi connectivity index (χ2v) is 10.9. The Balaban J connectivity index is 2.04. The van der Waals surface area contributed by atoms with E-state index in [4.69, 9.17) is 4.74 Å². The monoisotopic (exact) mass is 563 g/mol. The van der Waals surface area contributed by atoms with Gasteiger partial charge in [0.25, 0.3) is 10.0 Å². The smallest absolute Gasteiger partial charge is 0.264 e. The SMILES string of the molecule is COc1ccc(/C=C(\Br)CN(c2cc(Br)ccc2C)S(=O)(=O)c2ccc(C)cc2)cc1. The topological polar surface area (TPSA) is 46.6 Å². The van der Waals surface area contributed by atoms with Gasteiger partial charge in [0.15, 0.2) is 0 Å². The van der Waals surface area contributed by atoms with Gasteiger partial charge in [-0.2, -0.15) is 0 Å². The number of nitrogens with zero attached hydrogens (tertiary/aromatic N) is 1. The van der Waals surface area contributed by atoms with Gasteiger partial charge in [-0.15, -0.1) is 0 Å². The summed E-state index contributed by atoms with van der Waals surface area (Å²) in [4.78, 5) is 0.252. The van der Waals surface area contributed by atoms with Gasteiger partial charge >= 0.3 is 0 Å². The number of hydrogen-bond acceptors (Lipinski definition) is 3. The first-order valence-corrected chi connectivity index (χ1v) is 12.6. The van der Waals surface area contributed by atoms with Gasteiger partial charge in [0.2, 0.25) is 0 Å². The highest BCUT2D eigenvalue weighted by Crippen LogP contribution is 2.32. The predicted molar refractivity (Wildman–Crippen MR) is 134 cm³/mol. The molecule has 31 heavy (non-hydrogen) atoms. The number of rotatable bonds is 7. The molecule has 0 fully saturated rings. The Hall–Kier alpha value is -2.09. The van der Waals surface area contributed by atoms with Gasteiger partial charge in [0.1, 0.15) is 5.75 Å². The third-order valence-corrected chi connectivity index (χ3v) is 7.53. The van der Waals surface area contributed by atoms with Crippen molar-refractivity contribution in [3.63, 3.8) is 0 Å². The third-order valence-electron chi connectivity index (χ3n) is 4.78. The van der Waals surface area contributed by atoms with Crippen LogP contribution in [-0.4, -0.2) is 22.1 Å². The summed E-state index contributed by atoms with van der Waals surface area (Å²) in [5.74, 6) is 0.765. The Kier molecular flexibility index (Phi) is 7.62. The fraction of sp³-hybridized carbons (Fsp3) is 0.167. The fourth-order valence-electron chi connectivity index (χ4n) is 3.05. The van der Waals surface area contributed by atoms with Gasteiger partial charge in [0, 0.05) is 8.96 Å². The fourth-order valence-corrected chi connectivity index (χ4v) is 5.58. The van der Waals surface area contributed by atoms with E-state index in [1.165, 1.54) is 4.31 Å². The summed E-state index contributed by atoms with van der Waals surface area (Å²) >= 11 is 7.05. The van der Waals surface area contributed by atoms with Crippen molar-refractivity contribution < 1.29 is 13.2 Å². The Morgan fingerprint density at radius 3 is 2.26 bits per heavy atom. The molecule has 3 aromatic rings. The van der Waals surface area contributed by atoms with Crippen molar-refractivity contribution in [3.05, 3.63) is 92.4 Å². The standard InChI is InChI=1S/C24H23Br2NO3S/c1-17-4-12-23(13-5-17)31(28,29)27(24-15-20(25)9-6-18(24)2)16-21(26)14-19-7-10-22(30-3)11-8-19/h4-15H,16H2,1-3H3/b21-14-. The first-order chi connectivity index (χ1) is 14.7. The van der Waals surface area contributed by atoms with E-state index in [9.17, 15) is 8.42 Å². The zero-order chi connectivity index (χ0) is 22.6. The van der Waals surface area contributed by atoms with Gasteiger partial charge in [-0.25, -0.2) is 8.42 Å². The van der Waals surface area contributed by atoms with Crippen LogP contribution < -0.4 is 9.04 Å². The van der Waals surface area contributed by atoms with Crippen LogP contribution in [0.2, 0.25) is 0 Å². The molecule has 0 aliphatic heterocycles. The minimum absolute atomic E-state index is 0.152. The summed E-state index contributed by atoms with van der Waals surface area (Å²) in [5, 5.41) is 0. The molecule has 0 bridgehead atoms.